The van der Waals surface area contributed by atoms with E-state index in [4.69, 9.17) is 15.2 Å². The Morgan fingerprint density at radius 1 is 1.09 bits per heavy atom. The number of carbonyl (C=O) groups excluding carboxylic acids is 1. The van der Waals surface area contributed by atoms with E-state index < -0.39 is 36.2 Å². The molecule has 2 aromatic heterocycles. The second kappa shape index (κ2) is 9.18. The lowest BCUT2D eigenvalue weighted by Crippen LogP contribution is -2.36. The van der Waals surface area contributed by atoms with Crippen LogP contribution < -0.4 is 16.2 Å². The van der Waals surface area contributed by atoms with Crippen molar-refractivity contribution >= 4 is 34.6 Å². The van der Waals surface area contributed by atoms with E-state index >= 15 is 0 Å². The first-order valence-corrected chi connectivity index (χ1v) is 10.7. The molecule has 2 aromatic carbocycles. The van der Waals surface area contributed by atoms with Crippen LogP contribution in [0.15, 0.2) is 71.8 Å². The minimum absolute atomic E-state index is 0.000677. The summed E-state index contributed by atoms with van der Waals surface area (Å²) in [4.78, 5) is 36.9. The van der Waals surface area contributed by atoms with Gasteiger partial charge >= 0.3 is 6.09 Å². The van der Waals surface area contributed by atoms with Crippen LogP contribution in [0.1, 0.15) is 6.23 Å². The molecule has 12 nitrogen and oxygen atoms in total. The van der Waals surface area contributed by atoms with Crippen LogP contribution in [0.25, 0.3) is 11.2 Å². The van der Waals surface area contributed by atoms with Crippen LogP contribution >= 0.6 is 0 Å². The number of hydrogen-bond acceptors (Lipinski definition) is 9. The molecule has 1 saturated heterocycles. The van der Waals surface area contributed by atoms with Gasteiger partial charge in [0.25, 0.3) is 5.56 Å². The molecule has 0 spiro atoms. The monoisotopic (exact) mass is 478 g/mol. The first kappa shape index (κ1) is 22.5. The second-order valence-corrected chi connectivity index (χ2v) is 7.90. The van der Waals surface area contributed by atoms with Crippen LogP contribution in [0.3, 0.4) is 0 Å². The number of aromatic nitrogens is 4. The Balaban J connectivity index is 1.34. The number of nitrogens with zero attached hydrogens (tertiary/aromatic N) is 4. The molecule has 3 heterocycles. The van der Waals surface area contributed by atoms with E-state index in [0.29, 0.717) is 11.4 Å². The van der Waals surface area contributed by atoms with Crippen molar-refractivity contribution in [3.05, 3.63) is 77.3 Å². The Kier molecular flexibility index (Phi) is 5.91. The number of para-hydroxylation sites is 2. The molecule has 1 fully saturated rings. The predicted octanol–water partition coefficient (Wildman–Crippen LogP) is 1.30. The quantitative estimate of drug-likeness (QED) is 0.330. The van der Waals surface area contributed by atoms with Gasteiger partial charge in [0.2, 0.25) is 5.95 Å². The molecule has 5 N–H and O–H groups in total. The van der Waals surface area contributed by atoms with Crippen molar-refractivity contribution in [2.75, 3.05) is 17.2 Å². The van der Waals surface area contributed by atoms with Crippen molar-refractivity contribution in [3.8, 4) is 0 Å². The predicted molar refractivity (Wildman–Crippen MR) is 125 cm³/mol. The molecule has 0 radical (unpaired) electrons. The van der Waals surface area contributed by atoms with Gasteiger partial charge in [-0.2, -0.15) is 4.98 Å². The van der Waals surface area contributed by atoms with Crippen LogP contribution in [-0.2, 0) is 9.47 Å². The number of H-pyrrole nitrogens is 1. The van der Waals surface area contributed by atoms with Crippen molar-refractivity contribution in [1.29, 1.82) is 0 Å². The lowest BCUT2D eigenvalue weighted by Gasteiger charge is -2.23. The zero-order valence-corrected chi connectivity index (χ0v) is 18.3. The molecule has 0 saturated carbocycles. The fourth-order valence-electron chi connectivity index (χ4n) is 3.96. The van der Waals surface area contributed by atoms with Gasteiger partial charge in [-0.1, -0.05) is 36.4 Å². The minimum atomic E-state index is -1.40. The number of ether oxygens (including phenoxy) is 2. The number of nitrogens with one attached hydrogen (secondary N) is 1. The van der Waals surface area contributed by atoms with E-state index in [2.05, 4.69) is 15.0 Å². The maximum atomic E-state index is 13.1. The number of carbonyl (C=O) groups is 1. The van der Waals surface area contributed by atoms with Gasteiger partial charge in [-0.25, -0.2) is 14.7 Å². The van der Waals surface area contributed by atoms with E-state index in [9.17, 15) is 19.8 Å². The van der Waals surface area contributed by atoms with E-state index in [1.165, 1.54) is 15.8 Å². The van der Waals surface area contributed by atoms with Crippen LogP contribution in [0, 0.1) is 0 Å². The largest absolute Gasteiger partial charge is 0.446 e. The Hall–Kier alpha value is -4.26. The van der Waals surface area contributed by atoms with Gasteiger partial charge in [-0.3, -0.25) is 14.3 Å². The molecule has 35 heavy (non-hydrogen) atoms. The number of aliphatic hydroxyl groups is 2. The third kappa shape index (κ3) is 4.21. The molecule has 0 aliphatic carbocycles. The van der Waals surface area contributed by atoms with E-state index in [1.54, 1.807) is 48.5 Å². The molecule has 4 aromatic rings. The Labute approximate surface area is 198 Å². The van der Waals surface area contributed by atoms with Gasteiger partial charge in [-0.05, 0) is 24.3 Å². The topological polar surface area (TPSA) is 169 Å². The highest BCUT2D eigenvalue weighted by atomic mass is 16.6. The highest BCUT2D eigenvalue weighted by Crippen LogP contribution is 2.32. The average Bonchev–Trinajstić information content (AvgIpc) is 3.40. The third-order valence-corrected chi connectivity index (χ3v) is 5.64. The number of hydrogen-bond donors (Lipinski definition) is 4. The molecular weight excluding hydrogens is 456 g/mol. The normalized spacial score (nSPS) is 21.8. The number of nitrogens with two attached hydrogens (primary N) is 1. The van der Waals surface area contributed by atoms with Crippen molar-refractivity contribution in [1.82, 2.24) is 19.5 Å². The van der Waals surface area contributed by atoms with E-state index in [0.717, 1.165) is 0 Å². The smallest absolute Gasteiger partial charge is 0.419 e. The van der Waals surface area contributed by atoms with Gasteiger partial charge in [0.15, 0.2) is 17.4 Å². The van der Waals surface area contributed by atoms with Gasteiger partial charge in [0, 0.05) is 0 Å². The summed E-state index contributed by atoms with van der Waals surface area (Å²) in [5, 5.41) is 21.2. The molecular formula is C23H22N6O6. The molecule has 1 amide bonds. The Morgan fingerprint density at radius 3 is 2.34 bits per heavy atom. The standard InChI is InChI=1S/C23H22N6O6/c24-22-26-19-16(20(32)27-22)25-12-28(19)21-18(31)17(30)15(35-21)11-34-23(33)29(13-7-3-1-4-8-13)14-9-5-2-6-10-14/h1-10,12,15,17-18,21,30-31H,11H2,(H3,24,26,27,32)/t15-,17-,18-,21-/m1/s1. The Bertz CT molecular complexity index is 1350. The van der Waals surface area contributed by atoms with Gasteiger partial charge in [0.05, 0.1) is 17.7 Å². The van der Waals surface area contributed by atoms with Crippen LogP contribution in [-0.4, -0.2) is 60.7 Å². The summed E-state index contributed by atoms with van der Waals surface area (Å²) in [5.74, 6) is -0.135. The molecule has 1 aliphatic rings. The summed E-state index contributed by atoms with van der Waals surface area (Å²) >= 11 is 0. The number of nitrogen functional groups attached to an aromatic ring is 1. The van der Waals surface area contributed by atoms with Crippen LogP contribution in [0.2, 0.25) is 0 Å². The van der Waals surface area contributed by atoms with Gasteiger partial charge < -0.3 is 25.4 Å². The number of aliphatic hydroxyl groups excluding tert-OH is 2. The molecule has 4 atom stereocenters. The number of imidazole rings is 1. The zero-order chi connectivity index (χ0) is 24.5. The summed E-state index contributed by atoms with van der Waals surface area (Å²) in [6.07, 6.45) is -4.40. The Morgan fingerprint density at radius 2 is 1.71 bits per heavy atom. The molecule has 12 heteroatoms. The highest BCUT2D eigenvalue weighted by molar-refractivity contribution is 5.95. The van der Waals surface area contributed by atoms with Gasteiger partial charge in [-0.15, -0.1) is 0 Å². The lowest BCUT2D eigenvalue weighted by atomic mass is 10.1. The number of rotatable bonds is 5. The summed E-state index contributed by atoms with van der Waals surface area (Å²) in [6.45, 7) is -0.341. The number of anilines is 3. The average molecular weight is 478 g/mol. The summed E-state index contributed by atoms with van der Waals surface area (Å²) in [7, 11) is 0. The van der Waals surface area contributed by atoms with Gasteiger partial charge in [0.1, 0.15) is 24.9 Å². The van der Waals surface area contributed by atoms with Crippen molar-refractivity contribution in [2.45, 2.75) is 24.5 Å². The molecule has 1 aliphatic heterocycles. The molecule has 5 rings (SSSR count). The maximum Gasteiger partial charge on any atom is 0.419 e. The summed E-state index contributed by atoms with van der Waals surface area (Å²) in [5.41, 5.74) is 6.34. The molecule has 0 bridgehead atoms. The SMILES string of the molecule is Nc1nc2c(ncn2[C@@H]2O[C@H](COC(=O)N(c3ccccc3)c3ccccc3)[C@@H](O)[C@H]2O)c(=O)[nH]1. The lowest BCUT2D eigenvalue weighted by molar-refractivity contribution is -0.0526. The van der Waals surface area contributed by atoms with Crippen molar-refractivity contribution in [3.63, 3.8) is 0 Å². The van der Waals surface area contributed by atoms with Crippen LogP contribution in [0.4, 0.5) is 22.1 Å². The molecule has 0 unspecified atom stereocenters. The minimum Gasteiger partial charge on any atom is -0.446 e. The first-order chi connectivity index (χ1) is 16.9. The fraction of sp³-hybridized carbons (Fsp3) is 0.217. The summed E-state index contributed by atoms with van der Waals surface area (Å²) in [6, 6.07) is 17.9. The third-order valence-electron chi connectivity index (χ3n) is 5.64. The number of fused-ring (bicyclic) bond motifs is 1. The summed E-state index contributed by atoms with van der Waals surface area (Å²) < 4.78 is 12.6. The second-order valence-electron chi connectivity index (χ2n) is 7.90. The highest BCUT2D eigenvalue weighted by Gasteiger charge is 2.45. The van der Waals surface area contributed by atoms with Crippen molar-refractivity contribution in [2.24, 2.45) is 0 Å². The van der Waals surface area contributed by atoms with E-state index in [-0.39, 0.29) is 23.7 Å². The van der Waals surface area contributed by atoms with Crippen LogP contribution in [0.5, 0.6) is 0 Å². The number of amides is 1. The fourth-order valence-corrected chi connectivity index (χ4v) is 3.96. The van der Waals surface area contributed by atoms with E-state index in [1.807, 2.05) is 12.1 Å². The van der Waals surface area contributed by atoms with Crippen molar-refractivity contribution < 1.29 is 24.5 Å². The zero-order valence-electron chi connectivity index (χ0n) is 18.3. The first-order valence-electron chi connectivity index (χ1n) is 10.7. The number of aromatic amines is 1. The maximum absolute atomic E-state index is 13.1. The molecule has 180 valence electrons. The number of benzene rings is 2.